The van der Waals surface area contributed by atoms with Gasteiger partial charge in [0.15, 0.2) is 0 Å². The van der Waals surface area contributed by atoms with E-state index in [0.717, 1.165) is 11.9 Å². The maximum absolute atomic E-state index is 11.3. The molecule has 0 amide bonds. The molecule has 0 bridgehead atoms. The van der Waals surface area contributed by atoms with Gasteiger partial charge in [0.1, 0.15) is 0 Å². The highest BCUT2D eigenvalue weighted by atomic mass is 35.5. The molecule has 7 heteroatoms. The van der Waals surface area contributed by atoms with E-state index in [-0.39, 0.29) is 6.04 Å². The van der Waals surface area contributed by atoms with Gasteiger partial charge in [0.05, 0.1) is 34.4 Å². The standard InChI is InChI=1S/C14H16ClN3O2S/c1-10(13-5-3-4-8-16-13)17-14-9-11(6-7-12(14)15)18-21(2,19)20/h3-10,17-18H,1-2H3. The molecule has 0 saturated carbocycles. The fraction of sp³-hybridized carbons (Fsp3) is 0.214. The molecule has 112 valence electrons. The number of nitrogens with zero attached hydrogens (tertiary/aromatic N) is 1. The summed E-state index contributed by atoms with van der Waals surface area (Å²) in [6.45, 7) is 1.95. The van der Waals surface area contributed by atoms with Gasteiger partial charge in [-0.1, -0.05) is 17.7 Å². The Morgan fingerprint density at radius 2 is 2.00 bits per heavy atom. The smallest absolute Gasteiger partial charge is 0.229 e. The summed E-state index contributed by atoms with van der Waals surface area (Å²) in [5.41, 5.74) is 1.97. The molecule has 0 radical (unpaired) electrons. The van der Waals surface area contributed by atoms with E-state index in [4.69, 9.17) is 11.6 Å². The zero-order chi connectivity index (χ0) is 15.5. The van der Waals surface area contributed by atoms with Crippen LogP contribution in [0.5, 0.6) is 0 Å². The molecular weight excluding hydrogens is 310 g/mol. The number of nitrogens with one attached hydrogen (secondary N) is 2. The largest absolute Gasteiger partial charge is 0.376 e. The minimum atomic E-state index is -3.32. The van der Waals surface area contributed by atoms with Crippen LogP contribution in [0.2, 0.25) is 5.02 Å². The van der Waals surface area contributed by atoms with Crippen LogP contribution in [0.3, 0.4) is 0 Å². The van der Waals surface area contributed by atoms with Crippen molar-refractivity contribution in [3.63, 3.8) is 0 Å². The first-order valence-electron chi connectivity index (χ1n) is 6.30. The van der Waals surface area contributed by atoms with E-state index in [0.29, 0.717) is 16.4 Å². The monoisotopic (exact) mass is 325 g/mol. The van der Waals surface area contributed by atoms with Crippen molar-refractivity contribution in [3.05, 3.63) is 53.3 Å². The normalized spacial score (nSPS) is 12.7. The third-order valence-electron chi connectivity index (χ3n) is 2.77. The molecule has 0 spiro atoms. The van der Waals surface area contributed by atoms with Crippen LogP contribution in [-0.4, -0.2) is 19.7 Å². The van der Waals surface area contributed by atoms with Crippen molar-refractivity contribution in [2.75, 3.05) is 16.3 Å². The molecule has 21 heavy (non-hydrogen) atoms. The van der Waals surface area contributed by atoms with Gasteiger partial charge in [-0.15, -0.1) is 0 Å². The van der Waals surface area contributed by atoms with E-state index >= 15 is 0 Å². The zero-order valence-electron chi connectivity index (χ0n) is 11.7. The summed E-state index contributed by atoms with van der Waals surface area (Å²) in [6, 6.07) is 10.5. The van der Waals surface area contributed by atoms with Gasteiger partial charge in [-0.3, -0.25) is 9.71 Å². The predicted octanol–water partition coefficient (Wildman–Crippen LogP) is 3.28. The maximum atomic E-state index is 11.3. The molecule has 0 aliphatic carbocycles. The Bertz CT molecular complexity index is 720. The average molecular weight is 326 g/mol. The number of aromatic nitrogens is 1. The fourth-order valence-electron chi connectivity index (χ4n) is 1.85. The van der Waals surface area contributed by atoms with Gasteiger partial charge in [0.2, 0.25) is 10.0 Å². The first kappa shape index (κ1) is 15.6. The van der Waals surface area contributed by atoms with Gasteiger partial charge in [0.25, 0.3) is 0 Å². The molecule has 0 fully saturated rings. The van der Waals surface area contributed by atoms with Gasteiger partial charge in [-0.05, 0) is 37.3 Å². The molecule has 1 aromatic carbocycles. The topological polar surface area (TPSA) is 71.1 Å². The highest BCUT2D eigenvalue weighted by Crippen LogP contribution is 2.29. The average Bonchev–Trinajstić information content (AvgIpc) is 2.42. The van der Waals surface area contributed by atoms with Gasteiger partial charge in [-0.25, -0.2) is 8.42 Å². The van der Waals surface area contributed by atoms with Crippen LogP contribution < -0.4 is 10.0 Å². The molecule has 2 N–H and O–H groups in total. The van der Waals surface area contributed by atoms with Crippen molar-refractivity contribution in [1.82, 2.24) is 4.98 Å². The van der Waals surface area contributed by atoms with Gasteiger partial charge in [-0.2, -0.15) is 0 Å². The van der Waals surface area contributed by atoms with E-state index in [1.165, 1.54) is 0 Å². The summed E-state index contributed by atoms with van der Waals surface area (Å²) >= 11 is 6.14. The number of anilines is 2. The lowest BCUT2D eigenvalue weighted by atomic mass is 10.2. The number of pyridine rings is 1. The maximum Gasteiger partial charge on any atom is 0.229 e. The van der Waals surface area contributed by atoms with Crippen LogP contribution in [0.1, 0.15) is 18.7 Å². The third-order valence-corrected chi connectivity index (χ3v) is 3.71. The van der Waals surface area contributed by atoms with E-state index in [1.807, 2.05) is 25.1 Å². The fourth-order valence-corrected chi connectivity index (χ4v) is 2.58. The highest BCUT2D eigenvalue weighted by molar-refractivity contribution is 7.92. The van der Waals surface area contributed by atoms with Crippen LogP contribution >= 0.6 is 11.6 Å². The summed E-state index contributed by atoms with van der Waals surface area (Å²) in [4.78, 5) is 4.27. The van der Waals surface area contributed by atoms with Crippen LogP contribution in [0.4, 0.5) is 11.4 Å². The lowest BCUT2D eigenvalue weighted by molar-refractivity contribution is 0.607. The molecule has 1 unspecified atom stereocenters. The van der Waals surface area contributed by atoms with Crippen molar-refractivity contribution >= 4 is 33.0 Å². The van der Waals surface area contributed by atoms with Gasteiger partial charge in [0, 0.05) is 6.20 Å². The third kappa shape index (κ3) is 4.61. The Labute approximate surface area is 129 Å². The number of halogens is 1. The number of benzene rings is 1. The molecule has 1 heterocycles. The Morgan fingerprint density at radius 3 is 2.62 bits per heavy atom. The molecule has 2 rings (SSSR count). The lowest BCUT2D eigenvalue weighted by Crippen LogP contribution is -2.11. The minimum Gasteiger partial charge on any atom is -0.376 e. The Morgan fingerprint density at radius 1 is 1.24 bits per heavy atom. The summed E-state index contributed by atoms with van der Waals surface area (Å²) in [5.74, 6) is 0. The second-order valence-electron chi connectivity index (χ2n) is 4.69. The van der Waals surface area contributed by atoms with Crippen LogP contribution in [0, 0.1) is 0 Å². The molecule has 0 aliphatic heterocycles. The molecular formula is C14H16ClN3O2S. The summed E-state index contributed by atoms with van der Waals surface area (Å²) in [7, 11) is -3.32. The molecule has 1 atom stereocenters. The van der Waals surface area contributed by atoms with Crippen LogP contribution in [0.25, 0.3) is 0 Å². The number of hydrogen-bond acceptors (Lipinski definition) is 4. The van der Waals surface area contributed by atoms with Crippen LogP contribution in [0.15, 0.2) is 42.6 Å². The summed E-state index contributed by atoms with van der Waals surface area (Å²) in [5, 5.41) is 3.73. The van der Waals surface area contributed by atoms with Gasteiger partial charge >= 0.3 is 0 Å². The molecule has 1 aromatic heterocycles. The zero-order valence-corrected chi connectivity index (χ0v) is 13.2. The SMILES string of the molecule is CC(Nc1cc(NS(C)(=O)=O)ccc1Cl)c1ccccn1. The second-order valence-corrected chi connectivity index (χ2v) is 6.85. The first-order valence-corrected chi connectivity index (χ1v) is 8.57. The van der Waals surface area contributed by atoms with E-state index in [9.17, 15) is 8.42 Å². The van der Waals surface area contributed by atoms with Crippen molar-refractivity contribution < 1.29 is 8.42 Å². The lowest BCUT2D eigenvalue weighted by Gasteiger charge is -2.17. The Kier molecular flexibility index (Phi) is 4.69. The van der Waals surface area contributed by atoms with E-state index < -0.39 is 10.0 Å². The highest BCUT2D eigenvalue weighted by Gasteiger charge is 2.10. The number of sulfonamides is 1. The minimum absolute atomic E-state index is 0.0582. The van der Waals surface area contributed by atoms with Crippen molar-refractivity contribution in [2.24, 2.45) is 0 Å². The Balaban J connectivity index is 2.21. The summed E-state index contributed by atoms with van der Waals surface area (Å²) in [6.07, 6.45) is 2.82. The van der Waals surface area contributed by atoms with Gasteiger partial charge < -0.3 is 5.32 Å². The number of hydrogen-bond donors (Lipinski definition) is 2. The molecule has 2 aromatic rings. The molecule has 0 aliphatic rings. The Hall–Kier alpha value is -1.79. The summed E-state index contributed by atoms with van der Waals surface area (Å²) < 4.78 is 25.0. The van der Waals surface area contributed by atoms with E-state index in [2.05, 4.69) is 15.0 Å². The second kappa shape index (κ2) is 6.32. The predicted molar refractivity (Wildman–Crippen MR) is 86.2 cm³/mol. The molecule has 5 nitrogen and oxygen atoms in total. The van der Waals surface area contributed by atoms with Crippen molar-refractivity contribution in [1.29, 1.82) is 0 Å². The van der Waals surface area contributed by atoms with Crippen molar-refractivity contribution in [2.45, 2.75) is 13.0 Å². The molecule has 0 saturated heterocycles. The van der Waals surface area contributed by atoms with Crippen molar-refractivity contribution in [3.8, 4) is 0 Å². The van der Waals surface area contributed by atoms with E-state index in [1.54, 1.807) is 24.4 Å². The van der Waals surface area contributed by atoms with Crippen LogP contribution in [-0.2, 0) is 10.0 Å². The first-order chi connectivity index (χ1) is 9.85. The quantitative estimate of drug-likeness (QED) is 0.885. The number of rotatable bonds is 5.